The van der Waals surface area contributed by atoms with Crippen molar-refractivity contribution in [2.75, 3.05) is 27.7 Å². The summed E-state index contributed by atoms with van der Waals surface area (Å²) in [7, 11) is 5.83. The van der Waals surface area contributed by atoms with Crippen molar-refractivity contribution in [3.8, 4) is 5.75 Å². The summed E-state index contributed by atoms with van der Waals surface area (Å²) in [6.07, 6.45) is 5.14. The summed E-state index contributed by atoms with van der Waals surface area (Å²) in [5, 5.41) is 3.26. The highest BCUT2D eigenvalue weighted by atomic mass is 35.5. The van der Waals surface area contributed by atoms with E-state index in [-0.39, 0.29) is 42.7 Å². The first kappa shape index (κ1) is 24.0. The van der Waals surface area contributed by atoms with Gasteiger partial charge in [-0.25, -0.2) is 0 Å². The van der Waals surface area contributed by atoms with E-state index in [1.165, 1.54) is 11.1 Å². The predicted octanol–water partition coefficient (Wildman–Crippen LogP) is 4.01. The van der Waals surface area contributed by atoms with Crippen LogP contribution in [0, 0.1) is 5.92 Å². The molecule has 0 saturated heterocycles. The standard InChI is InChI=1S/C19H30N2O2.2ClH/c1-14(8-7-13-21(2)3)19(22)20-16-11-5-9-15-10-6-12-17(23-4)18(15)16;;/h6,10,12,14,16H,5,7-9,11,13H2,1-4H3,(H,20,22);2*1H. The van der Waals surface area contributed by atoms with E-state index in [0.717, 1.165) is 44.4 Å². The maximum absolute atomic E-state index is 12.5. The topological polar surface area (TPSA) is 41.6 Å². The molecule has 0 radical (unpaired) electrons. The van der Waals surface area contributed by atoms with E-state index in [0.29, 0.717) is 0 Å². The molecular formula is C19H32Cl2N2O2. The summed E-state index contributed by atoms with van der Waals surface area (Å²) >= 11 is 0. The zero-order valence-corrected chi connectivity index (χ0v) is 17.3. The van der Waals surface area contributed by atoms with E-state index in [1.807, 2.05) is 19.1 Å². The Morgan fingerprint density at radius 3 is 2.72 bits per heavy atom. The predicted molar refractivity (Wildman–Crippen MR) is 108 cm³/mol. The number of aryl methyl sites for hydroxylation is 1. The number of carbonyl (C=O) groups excluding carboxylic acids is 1. The highest BCUT2D eigenvalue weighted by Gasteiger charge is 2.26. The van der Waals surface area contributed by atoms with Gasteiger partial charge in [-0.3, -0.25) is 4.79 Å². The third-order valence-corrected chi connectivity index (χ3v) is 4.67. The molecule has 0 fully saturated rings. The fourth-order valence-corrected chi connectivity index (χ4v) is 3.33. The monoisotopic (exact) mass is 390 g/mol. The number of nitrogens with zero attached hydrogens (tertiary/aromatic N) is 1. The van der Waals surface area contributed by atoms with E-state index in [2.05, 4.69) is 30.4 Å². The Bertz CT molecular complexity index is 524. The average Bonchev–Trinajstić information content (AvgIpc) is 2.53. The number of amides is 1. The van der Waals surface area contributed by atoms with Crippen LogP contribution in [0.15, 0.2) is 18.2 Å². The maximum atomic E-state index is 12.5. The van der Waals surface area contributed by atoms with Gasteiger partial charge in [-0.05, 0) is 64.4 Å². The van der Waals surface area contributed by atoms with Crippen molar-refractivity contribution < 1.29 is 9.53 Å². The lowest BCUT2D eigenvalue weighted by Gasteiger charge is -2.29. The van der Waals surface area contributed by atoms with Crippen LogP contribution in [0.5, 0.6) is 5.75 Å². The minimum Gasteiger partial charge on any atom is -0.496 e. The number of benzene rings is 1. The van der Waals surface area contributed by atoms with E-state index < -0.39 is 0 Å². The van der Waals surface area contributed by atoms with Crippen LogP contribution in [-0.2, 0) is 11.2 Å². The largest absolute Gasteiger partial charge is 0.496 e. The van der Waals surface area contributed by atoms with Gasteiger partial charge in [0.1, 0.15) is 5.75 Å². The van der Waals surface area contributed by atoms with Crippen molar-refractivity contribution in [3.05, 3.63) is 29.3 Å². The number of methoxy groups -OCH3 is 1. The first-order valence-corrected chi connectivity index (χ1v) is 8.63. The van der Waals surface area contributed by atoms with Crippen molar-refractivity contribution in [2.24, 2.45) is 5.92 Å². The van der Waals surface area contributed by atoms with Gasteiger partial charge in [-0.2, -0.15) is 0 Å². The summed E-state index contributed by atoms with van der Waals surface area (Å²) in [4.78, 5) is 14.7. The molecule has 0 aromatic heterocycles. The number of fused-ring (bicyclic) bond motifs is 1. The second-order valence-electron chi connectivity index (χ2n) is 6.83. The minimum atomic E-state index is 0. The number of halogens is 2. The van der Waals surface area contributed by atoms with Gasteiger partial charge in [0.25, 0.3) is 0 Å². The van der Waals surface area contributed by atoms with E-state index >= 15 is 0 Å². The average molecular weight is 391 g/mol. The van der Waals surface area contributed by atoms with E-state index in [9.17, 15) is 4.79 Å². The van der Waals surface area contributed by atoms with Gasteiger partial charge >= 0.3 is 0 Å². The first-order valence-electron chi connectivity index (χ1n) is 8.63. The summed E-state index contributed by atoms with van der Waals surface area (Å²) in [6.45, 7) is 3.05. The molecule has 1 aromatic rings. The normalized spacial score (nSPS) is 16.9. The van der Waals surface area contributed by atoms with Gasteiger partial charge in [0.05, 0.1) is 13.2 Å². The molecule has 25 heavy (non-hydrogen) atoms. The van der Waals surface area contributed by atoms with E-state index in [1.54, 1.807) is 7.11 Å². The Morgan fingerprint density at radius 1 is 1.36 bits per heavy atom. The van der Waals surface area contributed by atoms with Crippen LogP contribution in [0.2, 0.25) is 0 Å². The molecule has 2 rings (SSSR count). The van der Waals surface area contributed by atoms with Crippen LogP contribution in [-0.4, -0.2) is 38.6 Å². The molecule has 0 bridgehead atoms. The molecule has 1 amide bonds. The Kier molecular flexibility index (Phi) is 11.2. The van der Waals surface area contributed by atoms with Crippen LogP contribution in [0.3, 0.4) is 0 Å². The Hall–Kier alpha value is -0.970. The second-order valence-corrected chi connectivity index (χ2v) is 6.83. The van der Waals surface area contributed by atoms with Crippen molar-refractivity contribution in [2.45, 2.75) is 45.1 Å². The molecule has 4 nitrogen and oxygen atoms in total. The molecule has 1 aromatic carbocycles. The third-order valence-electron chi connectivity index (χ3n) is 4.67. The summed E-state index contributed by atoms with van der Waals surface area (Å²) < 4.78 is 5.52. The molecular weight excluding hydrogens is 359 g/mol. The lowest BCUT2D eigenvalue weighted by molar-refractivity contribution is -0.125. The minimum absolute atomic E-state index is 0. The molecule has 0 saturated carbocycles. The zero-order valence-electron chi connectivity index (χ0n) is 15.7. The maximum Gasteiger partial charge on any atom is 0.223 e. The van der Waals surface area contributed by atoms with Crippen molar-refractivity contribution >= 4 is 30.7 Å². The zero-order chi connectivity index (χ0) is 16.8. The number of hydrogen-bond donors (Lipinski definition) is 1. The molecule has 1 N–H and O–H groups in total. The summed E-state index contributed by atoms with van der Waals surface area (Å²) in [5.74, 6) is 1.11. The Labute approximate surface area is 164 Å². The highest BCUT2D eigenvalue weighted by molar-refractivity contribution is 5.85. The Balaban J connectivity index is 0.00000288. The van der Waals surface area contributed by atoms with Gasteiger partial charge < -0.3 is 15.0 Å². The van der Waals surface area contributed by atoms with Gasteiger partial charge in [-0.1, -0.05) is 19.1 Å². The highest BCUT2D eigenvalue weighted by Crippen LogP contribution is 2.36. The molecule has 1 aliphatic rings. The van der Waals surface area contributed by atoms with Crippen molar-refractivity contribution in [3.63, 3.8) is 0 Å². The lowest BCUT2D eigenvalue weighted by atomic mass is 9.86. The van der Waals surface area contributed by atoms with Gasteiger partial charge in [0.2, 0.25) is 5.91 Å². The van der Waals surface area contributed by atoms with Crippen molar-refractivity contribution in [1.82, 2.24) is 10.2 Å². The van der Waals surface area contributed by atoms with Crippen LogP contribution in [0.4, 0.5) is 0 Å². The van der Waals surface area contributed by atoms with Crippen LogP contribution >= 0.6 is 24.8 Å². The number of nitrogens with one attached hydrogen (secondary N) is 1. The van der Waals surface area contributed by atoms with Crippen LogP contribution < -0.4 is 10.1 Å². The molecule has 6 heteroatoms. The molecule has 1 aliphatic carbocycles. The van der Waals surface area contributed by atoms with Crippen LogP contribution in [0.25, 0.3) is 0 Å². The van der Waals surface area contributed by atoms with Gasteiger partial charge in [-0.15, -0.1) is 24.8 Å². The summed E-state index contributed by atoms with van der Waals surface area (Å²) in [6, 6.07) is 6.25. The molecule has 144 valence electrons. The number of rotatable bonds is 7. The molecule has 0 heterocycles. The summed E-state index contributed by atoms with van der Waals surface area (Å²) in [5.41, 5.74) is 2.48. The smallest absolute Gasteiger partial charge is 0.223 e. The fourth-order valence-electron chi connectivity index (χ4n) is 3.33. The van der Waals surface area contributed by atoms with Gasteiger partial charge in [0.15, 0.2) is 0 Å². The fraction of sp³-hybridized carbons (Fsp3) is 0.632. The van der Waals surface area contributed by atoms with Crippen molar-refractivity contribution in [1.29, 1.82) is 0 Å². The number of carbonyl (C=O) groups is 1. The third kappa shape index (κ3) is 6.69. The van der Waals surface area contributed by atoms with Gasteiger partial charge in [0, 0.05) is 11.5 Å². The lowest BCUT2D eigenvalue weighted by Crippen LogP contribution is -2.35. The molecule has 2 atom stereocenters. The molecule has 0 aliphatic heterocycles. The quantitative estimate of drug-likeness (QED) is 0.764. The number of hydrogen-bond acceptors (Lipinski definition) is 3. The second kappa shape index (κ2) is 11.6. The van der Waals surface area contributed by atoms with Crippen LogP contribution in [0.1, 0.15) is 49.8 Å². The first-order chi connectivity index (χ1) is 11.0. The SMILES string of the molecule is COc1cccc2c1C(NC(=O)C(C)CCCN(C)C)CCC2.Cl.Cl. The molecule has 0 spiro atoms. The van der Waals surface area contributed by atoms with E-state index in [4.69, 9.17) is 4.74 Å². The Morgan fingerprint density at radius 2 is 2.08 bits per heavy atom. The molecule has 2 unspecified atom stereocenters. The number of ether oxygens (including phenoxy) is 1.